The largest absolute Gasteiger partial charge is 0.326 e. The summed E-state index contributed by atoms with van der Waals surface area (Å²) in [5, 5.41) is 3.02. The Labute approximate surface area is 127 Å². The van der Waals surface area contributed by atoms with Gasteiger partial charge in [-0.1, -0.05) is 32.0 Å². The van der Waals surface area contributed by atoms with Crippen molar-refractivity contribution in [3.8, 4) is 0 Å². The van der Waals surface area contributed by atoms with Crippen LogP contribution in [0.5, 0.6) is 0 Å². The average molecular weight is 289 g/mol. The lowest BCUT2D eigenvalue weighted by molar-refractivity contribution is -0.121. The Balaban J connectivity index is 1.99. The van der Waals surface area contributed by atoms with Crippen LogP contribution in [0.2, 0.25) is 0 Å². The van der Waals surface area contributed by atoms with Crippen LogP contribution < -0.4 is 11.1 Å². The molecule has 4 heteroatoms. The molecule has 1 saturated heterocycles. The normalized spacial score (nSPS) is 24.6. The minimum absolute atomic E-state index is 0.0534. The van der Waals surface area contributed by atoms with E-state index in [2.05, 4.69) is 24.1 Å². The molecule has 21 heavy (non-hydrogen) atoms. The summed E-state index contributed by atoms with van der Waals surface area (Å²) in [5.41, 5.74) is 7.52. The molecule has 1 fully saturated rings. The second-order valence-electron chi connectivity index (χ2n) is 6.26. The molecule has 2 rings (SSSR count). The number of nitrogens with two attached hydrogens (primary N) is 1. The monoisotopic (exact) mass is 289 g/mol. The zero-order valence-corrected chi connectivity index (χ0v) is 13.3. The number of piperidine rings is 1. The third kappa shape index (κ3) is 3.83. The Morgan fingerprint density at radius 2 is 2.10 bits per heavy atom. The molecule has 1 amide bonds. The van der Waals surface area contributed by atoms with Crippen molar-refractivity contribution in [1.29, 1.82) is 0 Å². The number of nitrogens with zero attached hydrogens (tertiary/aromatic N) is 1. The molecule has 0 radical (unpaired) electrons. The Bertz CT molecular complexity index is 489. The summed E-state index contributed by atoms with van der Waals surface area (Å²) < 4.78 is 0. The molecule has 1 aliphatic rings. The number of nitrogens with one attached hydrogen (secondary N) is 1. The molecule has 0 spiro atoms. The molecule has 4 nitrogen and oxygen atoms in total. The molecular formula is C17H27N3O. The third-order valence-corrected chi connectivity index (χ3v) is 4.79. The maximum atomic E-state index is 12.5. The lowest BCUT2D eigenvalue weighted by Gasteiger charge is -2.38. The van der Waals surface area contributed by atoms with Gasteiger partial charge in [-0.05, 0) is 43.4 Å². The molecule has 116 valence electrons. The highest BCUT2D eigenvalue weighted by atomic mass is 16.2. The van der Waals surface area contributed by atoms with Gasteiger partial charge in [0.25, 0.3) is 0 Å². The van der Waals surface area contributed by atoms with Crippen molar-refractivity contribution in [2.45, 2.75) is 39.8 Å². The molecule has 3 atom stereocenters. The Kier molecular flexibility index (Phi) is 5.37. The van der Waals surface area contributed by atoms with E-state index < -0.39 is 0 Å². The van der Waals surface area contributed by atoms with Crippen LogP contribution in [0.3, 0.4) is 0 Å². The van der Waals surface area contributed by atoms with Crippen LogP contribution in [0.15, 0.2) is 24.3 Å². The van der Waals surface area contributed by atoms with Gasteiger partial charge in [-0.3, -0.25) is 9.69 Å². The van der Waals surface area contributed by atoms with E-state index in [0.717, 1.165) is 36.7 Å². The molecule has 0 aromatic heterocycles. The van der Waals surface area contributed by atoms with E-state index in [1.54, 1.807) is 0 Å². The quantitative estimate of drug-likeness (QED) is 0.895. The first-order valence-electron chi connectivity index (χ1n) is 7.85. The summed E-state index contributed by atoms with van der Waals surface area (Å²) in [5.74, 6) is 1.44. The summed E-state index contributed by atoms with van der Waals surface area (Å²) in [6.07, 6.45) is 1.16. The van der Waals surface area contributed by atoms with Gasteiger partial charge in [-0.2, -0.15) is 0 Å². The number of para-hydroxylation sites is 1. The van der Waals surface area contributed by atoms with Crippen molar-refractivity contribution in [2.75, 3.05) is 18.4 Å². The van der Waals surface area contributed by atoms with Crippen molar-refractivity contribution in [3.63, 3.8) is 0 Å². The highest BCUT2D eigenvalue weighted by Gasteiger charge is 2.29. The van der Waals surface area contributed by atoms with Crippen molar-refractivity contribution < 1.29 is 4.79 Å². The summed E-state index contributed by atoms with van der Waals surface area (Å²) in [4.78, 5) is 14.8. The highest BCUT2D eigenvalue weighted by molar-refractivity contribution is 5.95. The minimum atomic E-state index is -0.106. The van der Waals surface area contributed by atoms with E-state index in [0.29, 0.717) is 12.5 Å². The van der Waals surface area contributed by atoms with Crippen LogP contribution in [-0.2, 0) is 11.3 Å². The van der Waals surface area contributed by atoms with Gasteiger partial charge in [-0.15, -0.1) is 0 Å². The summed E-state index contributed by atoms with van der Waals surface area (Å²) in [6.45, 7) is 8.98. The molecular weight excluding hydrogens is 262 g/mol. The summed E-state index contributed by atoms with van der Waals surface area (Å²) in [6, 6.07) is 7.61. The fourth-order valence-corrected chi connectivity index (χ4v) is 2.87. The van der Waals surface area contributed by atoms with Crippen LogP contribution in [0, 0.1) is 11.8 Å². The van der Waals surface area contributed by atoms with Gasteiger partial charge in [0, 0.05) is 18.8 Å². The van der Waals surface area contributed by atoms with Gasteiger partial charge in [0.1, 0.15) is 0 Å². The maximum Gasteiger partial charge on any atom is 0.241 e. The number of carbonyl (C=O) groups is 1. The standard InChI is InChI=1S/C17H27N3O/c1-12-8-9-20(11-13(12)2)14(3)17(21)19-16-7-5-4-6-15(16)10-18/h4-7,12-14H,8-11,18H2,1-3H3,(H,19,21). The Hall–Kier alpha value is -1.39. The number of benzene rings is 1. The Morgan fingerprint density at radius 1 is 1.38 bits per heavy atom. The van der Waals surface area contributed by atoms with Crippen LogP contribution in [0.25, 0.3) is 0 Å². The maximum absolute atomic E-state index is 12.5. The number of likely N-dealkylation sites (tertiary alicyclic amines) is 1. The fourth-order valence-electron chi connectivity index (χ4n) is 2.87. The average Bonchev–Trinajstić information content (AvgIpc) is 2.49. The summed E-state index contributed by atoms with van der Waals surface area (Å²) in [7, 11) is 0. The van der Waals surface area contributed by atoms with E-state index in [1.165, 1.54) is 0 Å². The SMILES string of the molecule is CC1CCN(C(C)C(=O)Nc2ccccc2CN)CC1C. The van der Waals surface area contributed by atoms with E-state index >= 15 is 0 Å². The van der Waals surface area contributed by atoms with Crippen LogP contribution in [0.1, 0.15) is 32.8 Å². The van der Waals surface area contributed by atoms with Crippen molar-refractivity contribution in [2.24, 2.45) is 17.6 Å². The molecule has 1 aliphatic heterocycles. The zero-order valence-electron chi connectivity index (χ0n) is 13.3. The smallest absolute Gasteiger partial charge is 0.241 e. The molecule has 1 heterocycles. The van der Waals surface area contributed by atoms with Crippen LogP contribution >= 0.6 is 0 Å². The first kappa shape index (κ1) is 16.0. The van der Waals surface area contributed by atoms with E-state index in [1.807, 2.05) is 31.2 Å². The molecule has 0 aliphatic carbocycles. The molecule has 0 saturated carbocycles. The number of amides is 1. The molecule has 1 aromatic carbocycles. The van der Waals surface area contributed by atoms with Crippen LogP contribution in [-0.4, -0.2) is 29.9 Å². The van der Waals surface area contributed by atoms with Gasteiger partial charge in [0.05, 0.1) is 6.04 Å². The third-order valence-electron chi connectivity index (χ3n) is 4.79. The van der Waals surface area contributed by atoms with Gasteiger partial charge in [-0.25, -0.2) is 0 Å². The number of rotatable bonds is 4. The van der Waals surface area contributed by atoms with Crippen molar-refractivity contribution >= 4 is 11.6 Å². The van der Waals surface area contributed by atoms with Gasteiger partial charge < -0.3 is 11.1 Å². The number of hydrogen-bond acceptors (Lipinski definition) is 3. The second-order valence-corrected chi connectivity index (χ2v) is 6.26. The van der Waals surface area contributed by atoms with Gasteiger partial charge in [0.15, 0.2) is 0 Å². The number of anilines is 1. The fraction of sp³-hybridized carbons (Fsp3) is 0.588. The Morgan fingerprint density at radius 3 is 2.76 bits per heavy atom. The zero-order chi connectivity index (χ0) is 15.4. The van der Waals surface area contributed by atoms with Crippen LogP contribution in [0.4, 0.5) is 5.69 Å². The van der Waals surface area contributed by atoms with E-state index in [9.17, 15) is 4.79 Å². The van der Waals surface area contributed by atoms with E-state index in [4.69, 9.17) is 5.73 Å². The molecule has 3 N–H and O–H groups in total. The minimum Gasteiger partial charge on any atom is -0.326 e. The lowest BCUT2D eigenvalue weighted by Crippen LogP contribution is -2.48. The first-order valence-corrected chi connectivity index (χ1v) is 7.85. The molecule has 1 aromatic rings. The van der Waals surface area contributed by atoms with Gasteiger partial charge >= 0.3 is 0 Å². The van der Waals surface area contributed by atoms with Gasteiger partial charge in [0.2, 0.25) is 5.91 Å². The predicted octanol–water partition coefficient (Wildman–Crippen LogP) is 2.45. The second kappa shape index (κ2) is 7.05. The van der Waals surface area contributed by atoms with Crippen molar-refractivity contribution in [1.82, 2.24) is 4.90 Å². The topological polar surface area (TPSA) is 58.4 Å². The number of hydrogen-bond donors (Lipinski definition) is 2. The highest BCUT2D eigenvalue weighted by Crippen LogP contribution is 2.24. The molecule has 0 bridgehead atoms. The van der Waals surface area contributed by atoms with Crippen molar-refractivity contribution in [3.05, 3.63) is 29.8 Å². The molecule has 3 unspecified atom stereocenters. The lowest BCUT2D eigenvalue weighted by atomic mass is 9.88. The number of carbonyl (C=O) groups excluding carboxylic acids is 1. The first-order chi connectivity index (χ1) is 10.0. The van der Waals surface area contributed by atoms with E-state index in [-0.39, 0.29) is 11.9 Å². The summed E-state index contributed by atoms with van der Waals surface area (Å²) >= 11 is 0. The predicted molar refractivity (Wildman–Crippen MR) is 86.9 cm³/mol.